The molecule has 115 valence electrons. The predicted molar refractivity (Wildman–Crippen MR) is 72.9 cm³/mol. The summed E-state index contributed by atoms with van der Waals surface area (Å²) in [6, 6.07) is 12.2. The fraction of sp³-hybridized carbons (Fsp3) is 0.133. The SMILES string of the molecule is COc1cc[c]cc1NC(=O)c1ccc(OC(F)(F)F)cc1. The normalized spacial score (nSPS) is 10.9. The molecule has 0 fully saturated rings. The molecule has 1 N–H and O–H groups in total. The van der Waals surface area contributed by atoms with Gasteiger partial charge < -0.3 is 14.8 Å². The zero-order valence-corrected chi connectivity index (χ0v) is 11.4. The second-order valence-electron chi connectivity index (χ2n) is 4.15. The third-order valence-corrected chi connectivity index (χ3v) is 2.64. The number of carbonyl (C=O) groups excluding carboxylic acids is 1. The van der Waals surface area contributed by atoms with Crippen LogP contribution < -0.4 is 14.8 Å². The number of hydrogen-bond acceptors (Lipinski definition) is 3. The van der Waals surface area contributed by atoms with E-state index < -0.39 is 18.0 Å². The summed E-state index contributed by atoms with van der Waals surface area (Å²) >= 11 is 0. The number of anilines is 1. The second kappa shape index (κ2) is 6.38. The molecule has 4 nitrogen and oxygen atoms in total. The molecule has 1 amide bonds. The monoisotopic (exact) mass is 310 g/mol. The Bertz CT molecular complexity index is 654. The van der Waals surface area contributed by atoms with Gasteiger partial charge in [0.1, 0.15) is 11.5 Å². The van der Waals surface area contributed by atoms with Gasteiger partial charge in [0.15, 0.2) is 0 Å². The summed E-state index contributed by atoms with van der Waals surface area (Å²) in [5.74, 6) is -0.435. The van der Waals surface area contributed by atoms with Crippen LogP contribution in [0.1, 0.15) is 10.4 Å². The Kier molecular flexibility index (Phi) is 4.55. The van der Waals surface area contributed by atoms with Crippen molar-refractivity contribution in [1.29, 1.82) is 0 Å². The van der Waals surface area contributed by atoms with Gasteiger partial charge >= 0.3 is 6.36 Å². The molecule has 2 aromatic carbocycles. The lowest BCUT2D eigenvalue weighted by Gasteiger charge is -2.11. The average Bonchev–Trinajstić information content (AvgIpc) is 2.47. The van der Waals surface area contributed by atoms with Gasteiger partial charge in [0.05, 0.1) is 12.8 Å². The Morgan fingerprint density at radius 3 is 2.45 bits per heavy atom. The first kappa shape index (κ1) is 15.7. The maximum atomic E-state index is 12.1. The van der Waals surface area contributed by atoms with Crippen molar-refractivity contribution in [2.45, 2.75) is 6.36 Å². The molecule has 7 heteroatoms. The van der Waals surface area contributed by atoms with Gasteiger partial charge in [-0.15, -0.1) is 13.2 Å². The van der Waals surface area contributed by atoms with Crippen LogP contribution in [0.25, 0.3) is 0 Å². The van der Waals surface area contributed by atoms with Crippen LogP contribution in [0.4, 0.5) is 18.9 Å². The highest BCUT2D eigenvalue weighted by Crippen LogP contribution is 2.25. The molecule has 0 heterocycles. The van der Waals surface area contributed by atoms with Crippen molar-refractivity contribution in [3.8, 4) is 11.5 Å². The third-order valence-electron chi connectivity index (χ3n) is 2.64. The van der Waals surface area contributed by atoms with Crippen molar-refractivity contribution in [2.24, 2.45) is 0 Å². The van der Waals surface area contributed by atoms with Crippen LogP contribution in [0.2, 0.25) is 0 Å². The van der Waals surface area contributed by atoms with Gasteiger partial charge in [-0.25, -0.2) is 0 Å². The number of ether oxygens (including phenoxy) is 2. The smallest absolute Gasteiger partial charge is 0.495 e. The minimum atomic E-state index is -4.77. The summed E-state index contributed by atoms with van der Waals surface area (Å²) < 4.78 is 45.0. The third kappa shape index (κ3) is 4.15. The minimum Gasteiger partial charge on any atom is -0.495 e. The highest BCUT2D eigenvalue weighted by atomic mass is 19.4. The van der Waals surface area contributed by atoms with Crippen molar-refractivity contribution in [1.82, 2.24) is 0 Å². The van der Waals surface area contributed by atoms with E-state index in [1.54, 1.807) is 12.1 Å². The highest BCUT2D eigenvalue weighted by molar-refractivity contribution is 6.05. The molecule has 0 unspecified atom stereocenters. The van der Waals surface area contributed by atoms with E-state index in [9.17, 15) is 18.0 Å². The largest absolute Gasteiger partial charge is 0.573 e. The molecular weight excluding hydrogens is 299 g/mol. The topological polar surface area (TPSA) is 47.6 Å². The molecule has 0 aromatic heterocycles. The molecule has 0 aliphatic rings. The van der Waals surface area contributed by atoms with E-state index >= 15 is 0 Å². The summed E-state index contributed by atoms with van der Waals surface area (Å²) in [6.45, 7) is 0. The molecular formula is C15H11F3NO3. The molecule has 1 radical (unpaired) electrons. The van der Waals surface area contributed by atoms with Gasteiger partial charge in [-0.3, -0.25) is 4.79 Å². The zero-order valence-electron chi connectivity index (χ0n) is 11.4. The first-order chi connectivity index (χ1) is 10.4. The highest BCUT2D eigenvalue weighted by Gasteiger charge is 2.31. The number of benzene rings is 2. The van der Waals surface area contributed by atoms with Gasteiger partial charge in [-0.05, 0) is 42.5 Å². The van der Waals surface area contributed by atoms with Gasteiger partial charge in [-0.1, -0.05) is 6.07 Å². The van der Waals surface area contributed by atoms with Crippen LogP contribution in [0, 0.1) is 6.07 Å². The van der Waals surface area contributed by atoms with E-state index in [0.717, 1.165) is 12.1 Å². The zero-order chi connectivity index (χ0) is 16.2. The number of methoxy groups -OCH3 is 1. The maximum Gasteiger partial charge on any atom is 0.573 e. The number of carbonyl (C=O) groups is 1. The van der Waals surface area contributed by atoms with Crippen LogP contribution in [-0.4, -0.2) is 19.4 Å². The number of rotatable bonds is 4. The quantitative estimate of drug-likeness (QED) is 0.938. The van der Waals surface area contributed by atoms with E-state index in [4.69, 9.17) is 4.74 Å². The Balaban J connectivity index is 2.10. The summed E-state index contributed by atoms with van der Waals surface area (Å²) in [5, 5.41) is 2.59. The molecule has 0 aliphatic heterocycles. The van der Waals surface area contributed by atoms with Crippen LogP contribution >= 0.6 is 0 Å². The molecule has 0 atom stereocenters. The summed E-state index contributed by atoms with van der Waals surface area (Å²) in [4.78, 5) is 12.0. The molecule has 0 saturated heterocycles. The fourth-order valence-electron chi connectivity index (χ4n) is 1.69. The molecule has 0 saturated carbocycles. The van der Waals surface area contributed by atoms with Gasteiger partial charge in [-0.2, -0.15) is 0 Å². The Morgan fingerprint density at radius 2 is 1.86 bits per heavy atom. The summed E-state index contributed by atoms with van der Waals surface area (Å²) in [5.41, 5.74) is 0.589. The molecule has 0 bridgehead atoms. The molecule has 0 aliphatic carbocycles. The van der Waals surface area contributed by atoms with Gasteiger partial charge in [0.25, 0.3) is 5.91 Å². The Labute approximate surface area is 124 Å². The summed E-state index contributed by atoms with van der Waals surface area (Å²) in [6.07, 6.45) is -4.77. The van der Waals surface area contributed by atoms with E-state index in [2.05, 4.69) is 16.1 Å². The first-order valence-corrected chi connectivity index (χ1v) is 6.10. The minimum absolute atomic E-state index is 0.181. The number of hydrogen-bond donors (Lipinski definition) is 1. The number of amides is 1. The van der Waals surface area contributed by atoms with Crippen LogP contribution in [0.3, 0.4) is 0 Å². The number of alkyl halides is 3. The fourth-order valence-corrected chi connectivity index (χ4v) is 1.69. The molecule has 2 rings (SSSR count). The van der Waals surface area contributed by atoms with Crippen molar-refractivity contribution in [2.75, 3.05) is 12.4 Å². The van der Waals surface area contributed by atoms with Gasteiger partial charge in [0.2, 0.25) is 0 Å². The van der Waals surface area contributed by atoms with Crippen molar-refractivity contribution in [3.63, 3.8) is 0 Å². The van der Waals surface area contributed by atoms with Crippen LogP contribution in [0.15, 0.2) is 42.5 Å². The maximum absolute atomic E-state index is 12.1. The summed E-state index contributed by atoms with van der Waals surface area (Å²) in [7, 11) is 1.45. The van der Waals surface area contributed by atoms with E-state index in [0.29, 0.717) is 11.4 Å². The lowest BCUT2D eigenvalue weighted by Crippen LogP contribution is -2.17. The lowest BCUT2D eigenvalue weighted by molar-refractivity contribution is -0.274. The van der Waals surface area contributed by atoms with E-state index in [-0.39, 0.29) is 5.56 Å². The van der Waals surface area contributed by atoms with Crippen LogP contribution in [-0.2, 0) is 0 Å². The second-order valence-corrected chi connectivity index (χ2v) is 4.15. The lowest BCUT2D eigenvalue weighted by atomic mass is 10.2. The molecule has 22 heavy (non-hydrogen) atoms. The van der Waals surface area contributed by atoms with Gasteiger partial charge in [0, 0.05) is 5.56 Å². The average molecular weight is 310 g/mol. The van der Waals surface area contributed by atoms with E-state index in [1.807, 2.05) is 0 Å². The Morgan fingerprint density at radius 1 is 1.18 bits per heavy atom. The first-order valence-electron chi connectivity index (χ1n) is 6.10. The van der Waals surface area contributed by atoms with Crippen molar-refractivity contribution < 1.29 is 27.4 Å². The molecule has 2 aromatic rings. The number of nitrogens with one attached hydrogen (secondary N) is 1. The number of halogens is 3. The van der Waals surface area contributed by atoms with E-state index in [1.165, 1.54) is 25.3 Å². The van der Waals surface area contributed by atoms with Crippen molar-refractivity contribution in [3.05, 3.63) is 54.1 Å². The standard InChI is InChI=1S/C15H11F3NO3/c1-21-13-5-3-2-4-12(13)19-14(20)10-6-8-11(9-7-10)22-15(16,17)18/h3-9H,1H3,(H,19,20). The predicted octanol–water partition coefficient (Wildman–Crippen LogP) is 3.65. The van der Waals surface area contributed by atoms with Crippen molar-refractivity contribution >= 4 is 11.6 Å². The Hall–Kier alpha value is -2.70. The van der Waals surface area contributed by atoms with Crippen LogP contribution in [0.5, 0.6) is 11.5 Å². The molecule has 0 spiro atoms.